The van der Waals surface area contributed by atoms with Gasteiger partial charge in [0, 0.05) is 39.1 Å². The van der Waals surface area contributed by atoms with Crippen molar-refractivity contribution in [3.05, 3.63) is 222 Å². The largest absolute Gasteiger partial charge is 0.354 e. The Kier molecular flexibility index (Phi) is 9.01. The third-order valence-corrected chi connectivity index (χ3v) is 9.77. The van der Waals surface area contributed by atoms with Crippen molar-refractivity contribution in [3.63, 3.8) is 0 Å². The second kappa shape index (κ2) is 14.9. The van der Waals surface area contributed by atoms with Gasteiger partial charge >= 0.3 is 0 Å². The van der Waals surface area contributed by atoms with E-state index in [1.165, 1.54) is 0 Å². The molecule has 1 aliphatic rings. The number of aromatic nitrogens is 3. The van der Waals surface area contributed by atoms with Gasteiger partial charge in [-0.15, -0.1) is 0 Å². The lowest BCUT2D eigenvalue weighted by molar-refractivity contribution is 1.07. The normalized spacial score (nSPS) is 12.9. The fraction of sp³-hybridized carbons (Fsp3) is 0. The Morgan fingerprint density at radius 3 is 1.40 bits per heavy atom. The second-order valence-electron chi connectivity index (χ2n) is 13.3. The molecule has 9 rings (SSSR count). The molecule has 1 aromatic heterocycles. The van der Waals surface area contributed by atoms with Crippen molar-refractivity contribution < 1.29 is 0 Å². The Hall–Kier alpha value is -7.50. The number of benzene rings is 7. The van der Waals surface area contributed by atoms with Crippen LogP contribution in [0.4, 0.5) is 0 Å². The molecule has 0 bridgehead atoms. The summed E-state index contributed by atoms with van der Waals surface area (Å²) in [6.45, 7) is 0. The third-order valence-electron chi connectivity index (χ3n) is 9.77. The molecule has 0 saturated carbocycles. The number of hydrogen-bond donors (Lipinski definition) is 2. The molecule has 7 aromatic carbocycles. The molecule has 0 fully saturated rings. The van der Waals surface area contributed by atoms with Gasteiger partial charge in [-0.1, -0.05) is 188 Å². The quantitative estimate of drug-likeness (QED) is 0.154. The average Bonchev–Trinajstić information content (AvgIpc) is 3.27. The Morgan fingerprint density at radius 1 is 0.400 bits per heavy atom. The molecule has 0 aliphatic carbocycles. The first kappa shape index (κ1) is 33.3. The molecule has 2 N–H and O–H groups in total. The Morgan fingerprint density at radius 2 is 0.818 bits per heavy atom. The van der Waals surface area contributed by atoms with Crippen LogP contribution in [0.25, 0.3) is 68.3 Å². The van der Waals surface area contributed by atoms with E-state index >= 15 is 0 Å². The highest BCUT2D eigenvalue weighted by Crippen LogP contribution is 2.38. The van der Waals surface area contributed by atoms with Crippen molar-refractivity contribution in [2.24, 2.45) is 0 Å². The zero-order valence-corrected chi connectivity index (χ0v) is 29.9. The minimum Gasteiger partial charge on any atom is -0.354 e. The van der Waals surface area contributed by atoms with E-state index in [1.54, 1.807) is 0 Å². The van der Waals surface area contributed by atoms with Gasteiger partial charge in [-0.3, -0.25) is 5.41 Å². The predicted octanol–water partition coefficient (Wildman–Crippen LogP) is 11.6. The number of hydrogen-bond acceptors (Lipinski definition) is 5. The van der Waals surface area contributed by atoms with Gasteiger partial charge in [0.15, 0.2) is 17.5 Å². The molecule has 0 radical (unpaired) electrons. The summed E-state index contributed by atoms with van der Waals surface area (Å²) in [6, 6.07) is 65.5. The van der Waals surface area contributed by atoms with Crippen molar-refractivity contribution in [1.82, 2.24) is 20.3 Å². The van der Waals surface area contributed by atoms with Gasteiger partial charge in [0.2, 0.25) is 0 Å². The predicted molar refractivity (Wildman–Crippen MR) is 226 cm³/mol. The molecular formula is C50H35N5. The Bertz CT molecular complexity index is 2690. The van der Waals surface area contributed by atoms with Gasteiger partial charge in [0.1, 0.15) is 0 Å². The summed E-state index contributed by atoms with van der Waals surface area (Å²) in [4.78, 5) is 15.1. The minimum atomic E-state index is 0.437. The molecule has 260 valence electrons. The zero-order chi connectivity index (χ0) is 37.0. The van der Waals surface area contributed by atoms with Crippen LogP contribution in [0.15, 0.2) is 194 Å². The van der Waals surface area contributed by atoms with E-state index in [2.05, 4.69) is 102 Å². The first-order valence-corrected chi connectivity index (χ1v) is 18.3. The van der Waals surface area contributed by atoms with E-state index in [1.807, 2.05) is 103 Å². The smallest absolute Gasteiger partial charge is 0.164 e. The van der Waals surface area contributed by atoms with Crippen LogP contribution in [0.5, 0.6) is 0 Å². The SMILES string of the molecule is N=C(/C(=C1\NC(c2ccccc2)=Cc2cc(-c3nc(-c4ccccc4)nc(-c4ccc(-c5ccccc5)cc4)n3)ccc21)c1ccccc1)c1ccccc1. The topological polar surface area (TPSA) is 74.6 Å². The molecule has 1 aliphatic heterocycles. The van der Waals surface area contributed by atoms with Crippen LogP contribution in [0.1, 0.15) is 27.8 Å². The van der Waals surface area contributed by atoms with Crippen molar-refractivity contribution in [2.45, 2.75) is 0 Å². The highest BCUT2D eigenvalue weighted by atomic mass is 15.0. The fourth-order valence-corrected chi connectivity index (χ4v) is 6.97. The molecule has 0 atom stereocenters. The van der Waals surface area contributed by atoms with E-state index in [9.17, 15) is 5.41 Å². The molecule has 8 aromatic rings. The summed E-state index contributed by atoms with van der Waals surface area (Å²) in [5, 5.41) is 13.3. The van der Waals surface area contributed by atoms with E-state index in [-0.39, 0.29) is 0 Å². The highest BCUT2D eigenvalue weighted by Gasteiger charge is 2.25. The molecule has 0 amide bonds. The lowest BCUT2D eigenvalue weighted by atomic mass is 9.87. The van der Waals surface area contributed by atoms with Crippen molar-refractivity contribution >= 4 is 28.8 Å². The summed E-state index contributed by atoms with van der Waals surface area (Å²) < 4.78 is 0. The number of nitrogens with one attached hydrogen (secondary N) is 2. The number of rotatable bonds is 8. The summed E-state index contributed by atoms with van der Waals surface area (Å²) in [7, 11) is 0. The van der Waals surface area contributed by atoms with E-state index in [0.717, 1.165) is 72.6 Å². The molecule has 0 saturated heterocycles. The molecular weight excluding hydrogens is 671 g/mol. The maximum absolute atomic E-state index is 9.58. The van der Waals surface area contributed by atoms with Gasteiger partial charge < -0.3 is 5.32 Å². The number of allylic oxidation sites excluding steroid dienone is 1. The van der Waals surface area contributed by atoms with Gasteiger partial charge in [-0.25, -0.2) is 15.0 Å². The number of fused-ring (bicyclic) bond motifs is 1. The molecule has 2 heterocycles. The van der Waals surface area contributed by atoms with Crippen LogP contribution in [0.3, 0.4) is 0 Å². The van der Waals surface area contributed by atoms with E-state index < -0.39 is 0 Å². The summed E-state index contributed by atoms with van der Waals surface area (Å²) in [6.07, 6.45) is 2.18. The van der Waals surface area contributed by atoms with Crippen LogP contribution >= 0.6 is 0 Å². The standard InChI is InChI=1S/C50H35N5/c51-46(38-22-12-4-13-23-38)45(37-20-10-3-11-21-37)47-43-31-30-41(32-42(43)33-44(52-47)36-18-8-2-9-19-36)50-54-48(39-24-14-5-15-25-39)53-49(55-50)40-28-26-35(27-29-40)34-16-6-1-7-17-34/h1-33,51-52H/b47-45-,51-46?. The van der Waals surface area contributed by atoms with Crippen molar-refractivity contribution in [1.29, 1.82) is 5.41 Å². The van der Waals surface area contributed by atoms with Crippen LogP contribution in [0, 0.1) is 5.41 Å². The molecule has 0 spiro atoms. The molecule has 55 heavy (non-hydrogen) atoms. The van der Waals surface area contributed by atoms with E-state index in [0.29, 0.717) is 23.2 Å². The summed E-state index contributed by atoms with van der Waals surface area (Å²) >= 11 is 0. The first-order chi connectivity index (χ1) is 27.2. The van der Waals surface area contributed by atoms with Gasteiger partial charge in [0.05, 0.1) is 11.4 Å². The van der Waals surface area contributed by atoms with Gasteiger partial charge in [-0.2, -0.15) is 0 Å². The fourth-order valence-electron chi connectivity index (χ4n) is 6.97. The Balaban J connectivity index is 1.22. The number of nitrogens with zero attached hydrogens (tertiary/aromatic N) is 3. The monoisotopic (exact) mass is 705 g/mol. The van der Waals surface area contributed by atoms with Crippen molar-refractivity contribution in [3.8, 4) is 45.3 Å². The van der Waals surface area contributed by atoms with Gasteiger partial charge in [0.25, 0.3) is 0 Å². The zero-order valence-electron chi connectivity index (χ0n) is 29.9. The van der Waals surface area contributed by atoms with Crippen LogP contribution in [-0.2, 0) is 0 Å². The molecule has 0 unspecified atom stereocenters. The third kappa shape index (κ3) is 6.90. The molecule has 5 nitrogen and oxygen atoms in total. The second-order valence-corrected chi connectivity index (χ2v) is 13.3. The summed E-state index contributed by atoms with van der Waals surface area (Å²) in [5.41, 5.74) is 12.8. The first-order valence-electron chi connectivity index (χ1n) is 18.3. The lowest BCUT2D eigenvalue weighted by Gasteiger charge is -2.26. The minimum absolute atomic E-state index is 0.437. The van der Waals surface area contributed by atoms with Crippen LogP contribution in [0.2, 0.25) is 0 Å². The summed E-state index contributed by atoms with van der Waals surface area (Å²) in [5.74, 6) is 1.79. The maximum Gasteiger partial charge on any atom is 0.164 e. The van der Waals surface area contributed by atoms with Crippen LogP contribution in [-0.4, -0.2) is 20.7 Å². The van der Waals surface area contributed by atoms with Crippen LogP contribution < -0.4 is 5.32 Å². The lowest BCUT2D eigenvalue weighted by Crippen LogP contribution is -2.20. The molecule has 5 heteroatoms. The highest BCUT2D eigenvalue weighted by molar-refractivity contribution is 6.36. The average molecular weight is 706 g/mol. The van der Waals surface area contributed by atoms with Gasteiger partial charge in [-0.05, 0) is 40.0 Å². The maximum atomic E-state index is 9.58. The van der Waals surface area contributed by atoms with E-state index in [4.69, 9.17) is 15.0 Å². The van der Waals surface area contributed by atoms with Crippen molar-refractivity contribution in [2.75, 3.05) is 0 Å². The Labute approximate surface area is 320 Å².